The van der Waals surface area contributed by atoms with E-state index >= 15 is 0 Å². The van der Waals surface area contributed by atoms with E-state index in [-0.39, 0.29) is 5.91 Å². The third-order valence-electron chi connectivity index (χ3n) is 2.15. The Morgan fingerprint density at radius 3 is 2.67 bits per heavy atom. The van der Waals surface area contributed by atoms with Gasteiger partial charge in [0.25, 0.3) is 5.91 Å². The molecule has 0 fully saturated rings. The number of thiophene rings is 1. The first kappa shape index (κ1) is 15.1. The van der Waals surface area contributed by atoms with E-state index in [4.69, 9.17) is 4.84 Å². The molecule has 2 aromatic rings. The summed E-state index contributed by atoms with van der Waals surface area (Å²) in [5, 5.41) is 2.15. The largest absolute Gasteiger partial charge is 0.287 e. The lowest BCUT2D eigenvalue weighted by atomic mass is 10.3. The monoisotopic (exact) mass is 330 g/mol. The third kappa shape index (κ3) is 3.07. The molecule has 1 amide bonds. The molecule has 6 heteroatoms. The van der Waals surface area contributed by atoms with Crippen molar-refractivity contribution in [2.75, 3.05) is 14.2 Å². The molecule has 98 valence electrons. The van der Waals surface area contributed by atoms with Crippen LogP contribution < -0.4 is 0 Å². The van der Waals surface area contributed by atoms with Crippen molar-refractivity contribution in [1.82, 2.24) is 10.0 Å². The summed E-state index contributed by atoms with van der Waals surface area (Å²) in [5.74, 6) is -0.157. The molecule has 2 heterocycles. The molecule has 18 heavy (non-hydrogen) atoms. The Hall–Kier alpha value is -0.980. The molecule has 0 spiro atoms. The number of fused-ring (bicyclic) bond motifs is 1. The van der Waals surface area contributed by atoms with E-state index in [1.165, 1.54) is 23.5 Å². The second kappa shape index (κ2) is 6.82. The first-order valence-corrected chi connectivity index (χ1v) is 7.09. The summed E-state index contributed by atoms with van der Waals surface area (Å²) in [6.45, 7) is 4.00. The lowest BCUT2D eigenvalue weighted by Gasteiger charge is -2.11. The number of amides is 1. The summed E-state index contributed by atoms with van der Waals surface area (Å²) >= 11 is 4.82. The zero-order valence-electron chi connectivity index (χ0n) is 10.7. The van der Waals surface area contributed by atoms with Gasteiger partial charge in [-0.15, -0.1) is 11.3 Å². The predicted octanol–water partition coefficient (Wildman–Crippen LogP) is 3.72. The van der Waals surface area contributed by atoms with Crippen LogP contribution >= 0.6 is 27.3 Å². The molecule has 0 N–H and O–H groups in total. The number of carbonyl (C=O) groups is 1. The highest BCUT2D eigenvalue weighted by molar-refractivity contribution is 9.10. The molecular weight excluding hydrogens is 316 g/mol. The second-order valence-electron chi connectivity index (χ2n) is 3.14. The fraction of sp³-hybridized carbons (Fsp3) is 0.333. The summed E-state index contributed by atoms with van der Waals surface area (Å²) in [4.78, 5) is 21.4. The Labute approximate surface area is 119 Å². The lowest BCUT2D eigenvalue weighted by molar-refractivity contribution is -0.0753. The average molecular weight is 331 g/mol. The van der Waals surface area contributed by atoms with E-state index in [0.29, 0.717) is 4.88 Å². The van der Waals surface area contributed by atoms with E-state index in [2.05, 4.69) is 20.9 Å². The van der Waals surface area contributed by atoms with Crippen LogP contribution in [0.15, 0.2) is 22.9 Å². The van der Waals surface area contributed by atoms with Crippen LogP contribution in [0.4, 0.5) is 0 Å². The van der Waals surface area contributed by atoms with Crippen molar-refractivity contribution in [3.05, 3.63) is 27.8 Å². The molecule has 2 rings (SSSR count). The fourth-order valence-corrected chi connectivity index (χ4v) is 2.86. The van der Waals surface area contributed by atoms with E-state index in [1.807, 2.05) is 19.9 Å². The predicted molar refractivity (Wildman–Crippen MR) is 77.8 cm³/mol. The van der Waals surface area contributed by atoms with E-state index in [9.17, 15) is 4.79 Å². The van der Waals surface area contributed by atoms with Gasteiger partial charge in [-0.1, -0.05) is 13.8 Å². The molecule has 4 nitrogen and oxygen atoms in total. The molecule has 2 aromatic heterocycles. The van der Waals surface area contributed by atoms with Crippen molar-refractivity contribution in [2.45, 2.75) is 13.8 Å². The van der Waals surface area contributed by atoms with Gasteiger partial charge in [-0.3, -0.25) is 14.6 Å². The fourth-order valence-electron chi connectivity index (χ4n) is 1.27. The topological polar surface area (TPSA) is 42.4 Å². The van der Waals surface area contributed by atoms with Crippen LogP contribution in [-0.2, 0) is 4.84 Å². The minimum absolute atomic E-state index is 0.157. The molecule has 0 aliphatic carbocycles. The molecule has 0 aromatic carbocycles. The summed E-state index contributed by atoms with van der Waals surface area (Å²) in [6.07, 6.45) is 3.45. The lowest BCUT2D eigenvalue weighted by Crippen LogP contribution is -2.24. The van der Waals surface area contributed by atoms with Crippen LogP contribution in [0.5, 0.6) is 0 Å². The number of pyridine rings is 1. The minimum Gasteiger partial charge on any atom is -0.274 e. The number of nitrogens with zero attached hydrogens (tertiary/aromatic N) is 2. The van der Waals surface area contributed by atoms with Gasteiger partial charge in [-0.2, -0.15) is 0 Å². The van der Waals surface area contributed by atoms with Crippen LogP contribution in [0.3, 0.4) is 0 Å². The molecule has 0 unspecified atom stereocenters. The summed E-state index contributed by atoms with van der Waals surface area (Å²) < 4.78 is 1.91. The van der Waals surface area contributed by atoms with Gasteiger partial charge >= 0.3 is 0 Å². The van der Waals surface area contributed by atoms with Gasteiger partial charge in [-0.05, 0) is 22.0 Å². The molecule has 0 aliphatic rings. The number of rotatable bonds is 2. The maximum Gasteiger partial charge on any atom is 0.287 e. The van der Waals surface area contributed by atoms with Crippen LogP contribution in [0.2, 0.25) is 0 Å². The number of halogens is 1. The van der Waals surface area contributed by atoms with Crippen LogP contribution in [0, 0.1) is 0 Å². The molecule has 0 bridgehead atoms. The average Bonchev–Trinajstić information content (AvgIpc) is 2.84. The molecule has 0 saturated heterocycles. The number of hydrogen-bond donors (Lipinski definition) is 0. The number of hydrogen-bond acceptors (Lipinski definition) is 4. The van der Waals surface area contributed by atoms with Crippen LogP contribution in [0.1, 0.15) is 23.5 Å². The standard InChI is InChI=1S/C10H9BrN2O2S.C2H6/c1-13(15-2)10(14)8-3-6-4-12-5-7(11)9(6)16-8;1-2/h3-5H,1-2H3;1-2H3. The molecule has 0 atom stereocenters. The maximum atomic E-state index is 11.8. The highest BCUT2D eigenvalue weighted by Crippen LogP contribution is 2.31. The third-order valence-corrected chi connectivity index (χ3v) is 4.19. The zero-order valence-corrected chi connectivity index (χ0v) is 13.1. The normalized spacial score (nSPS) is 9.83. The van der Waals surface area contributed by atoms with Crippen LogP contribution in [-0.4, -0.2) is 30.1 Å². The summed E-state index contributed by atoms with van der Waals surface area (Å²) in [5.41, 5.74) is 0. The molecular formula is C12H15BrN2O2S. The van der Waals surface area contributed by atoms with E-state index < -0.39 is 0 Å². The first-order valence-electron chi connectivity index (χ1n) is 5.48. The van der Waals surface area contributed by atoms with Gasteiger partial charge in [-0.25, -0.2) is 5.06 Å². The second-order valence-corrected chi connectivity index (χ2v) is 5.04. The number of carbonyl (C=O) groups excluding carboxylic acids is 1. The quantitative estimate of drug-likeness (QED) is 0.788. The van der Waals surface area contributed by atoms with Gasteiger partial charge in [0, 0.05) is 24.8 Å². The Morgan fingerprint density at radius 2 is 2.11 bits per heavy atom. The van der Waals surface area contributed by atoms with Crippen molar-refractivity contribution in [1.29, 1.82) is 0 Å². The van der Waals surface area contributed by atoms with Gasteiger partial charge in [0.05, 0.1) is 21.2 Å². The van der Waals surface area contributed by atoms with Gasteiger partial charge in [0.15, 0.2) is 0 Å². The smallest absolute Gasteiger partial charge is 0.274 e. The van der Waals surface area contributed by atoms with Gasteiger partial charge < -0.3 is 0 Å². The highest BCUT2D eigenvalue weighted by atomic mass is 79.9. The first-order chi connectivity index (χ1) is 8.63. The highest BCUT2D eigenvalue weighted by Gasteiger charge is 2.15. The SMILES string of the molecule is CC.CON(C)C(=O)c1cc2cncc(Br)c2s1. The van der Waals surface area contributed by atoms with Crippen molar-refractivity contribution < 1.29 is 9.63 Å². The minimum atomic E-state index is -0.157. The number of aromatic nitrogens is 1. The van der Waals surface area contributed by atoms with E-state index in [0.717, 1.165) is 14.6 Å². The maximum absolute atomic E-state index is 11.8. The molecule has 0 aliphatic heterocycles. The van der Waals surface area contributed by atoms with E-state index in [1.54, 1.807) is 19.4 Å². The molecule has 0 radical (unpaired) electrons. The van der Waals surface area contributed by atoms with Gasteiger partial charge in [0.1, 0.15) is 0 Å². The van der Waals surface area contributed by atoms with Crippen LogP contribution in [0.25, 0.3) is 10.1 Å². The molecule has 0 saturated carbocycles. The summed E-state index contributed by atoms with van der Waals surface area (Å²) in [7, 11) is 3.04. The van der Waals surface area contributed by atoms with Crippen molar-refractivity contribution in [3.8, 4) is 0 Å². The number of hydroxylamine groups is 2. The van der Waals surface area contributed by atoms with Crippen molar-refractivity contribution in [2.24, 2.45) is 0 Å². The Morgan fingerprint density at radius 1 is 1.44 bits per heavy atom. The summed E-state index contributed by atoms with van der Waals surface area (Å²) in [6, 6.07) is 1.82. The Bertz CT molecular complexity index is 542. The Kier molecular flexibility index (Phi) is 5.71. The van der Waals surface area contributed by atoms with Gasteiger partial charge in [0.2, 0.25) is 0 Å². The Balaban J connectivity index is 0.000000771. The zero-order chi connectivity index (χ0) is 13.7. The van der Waals surface area contributed by atoms with Crippen molar-refractivity contribution >= 4 is 43.3 Å². The van der Waals surface area contributed by atoms with Crippen molar-refractivity contribution in [3.63, 3.8) is 0 Å².